The summed E-state index contributed by atoms with van der Waals surface area (Å²) in [5.41, 5.74) is 1.23. The second-order valence-corrected chi connectivity index (χ2v) is 7.04. The van der Waals surface area contributed by atoms with E-state index in [0.717, 1.165) is 30.2 Å². The van der Waals surface area contributed by atoms with Crippen LogP contribution < -0.4 is 5.32 Å². The van der Waals surface area contributed by atoms with Crippen molar-refractivity contribution >= 4 is 11.6 Å². The molecule has 0 radical (unpaired) electrons. The minimum absolute atomic E-state index is 0.0598. The summed E-state index contributed by atoms with van der Waals surface area (Å²) in [6.45, 7) is 10.3. The SMILES string of the molecule is CCCCCCOC(CNC(C)(C)C)c1cccc(Cl)c1. The Morgan fingerprint density at radius 3 is 2.57 bits per heavy atom. The standard InChI is InChI=1S/C18H30ClNO/c1-5-6-7-8-12-21-17(14-20-18(2,3)4)15-10-9-11-16(19)13-15/h9-11,13,17,20H,5-8,12,14H2,1-4H3. The predicted octanol–water partition coefficient (Wildman–Crippen LogP) is 5.37. The summed E-state index contributed by atoms with van der Waals surface area (Å²) in [4.78, 5) is 0. The third kappa shape index (κ3) is 8.45. The quantitative estimate of drug-likeness (QED) is 0.619. The van der Waals surface area contributed by atoms with E-state index in [1.54, 1.807) is 0 Å². The van der Waals surface area contributed by atoms with Crippen LogP contribution in [0.15, 0.2) is 24.3 Å². The lowest BCUT2D eigenvalue weighted by Gasteiger charge is -2.26. The van der Waals surface area contributed by atoms with Crippen LogP contribution in [0.3, 0.4) is 0 Å². The van der Waals surface area contributed by atoms with Gasteiger partial charge in [-0.3, -0.25) is 0 Å². The maximum absolute atomic E-state index is 6.11. The minimum atomic E-state index is 0.0598. The molecule has 2 nitrogen and oxygen atoms in total. The van der Waals surface area contributed by atoms with Crippen molar-refractivity contribution in [3.63, 3.8) is 0 Å². The summed E-state index contributed by atoms with van der Waals surface area (Å²) in [6, 6.07) is 7.98. The summed E-state index contributed by atoms with van der Waals surface area (Å²) in [5, 5.41) is 4.29. The van der Waals surface area contributed by atoms with Gasteiger partial charge in [-0.25, -0.2) is 0 Å². The lowest BCUT2D eigenvalue weighted by atomic mass is 10.1. The minimum Gasteiger partial charge on any atom is -0.372 e. The number of unbranched alkanes of at least 4 members (excludes halogenated alkanes) is 3. The van der Waals surface area contributed by atoms with Crippen molar-refractivity contribution in [2.75, 3.05) is 13.2 Å². The third-order valence-electron chi connectivity index (χ3n) is 3.36. The molecule has 0 bridgehead atoms. The van der Waals surface area contributed by atoms with Gasteiger partial charge in [-0.15, -0.1) is 0 Å². The van der Waals surface area contributed by atoms with Crippen molar-refractivity contribution in [1.82, 2.24) is 5.32 Å². The maximum Gasteiger partial charge on any atom is 0.0949 e. The molecule has 0 aliphatic carbocycles. The maximum atomic E-state index is 6.11. The Balaban J connectivity index is 2.57. The molecule has 1 unspecified atom stereocenters. The third-order valence-corrected chi connectivity index (χ3v) is 3.59. The van der Waals surface area contributed by atoms with Crippen molar-refractivity contribution in [3.05, 3.63) is 34.9 Å². The molecule has 1 N–H and O–H groups in total. The normalized spacial score (nSPS) is 13.4. The zero-order valence-corrected chi connectivity index (χ0v) is 14.7. The molecular weight excluding hydrogens is 282 g/mol. The molecule has 0 aliphatic heterocycles. The van der Waals surface area contributed by atoms with Gasteiger partial charge in [-0.1, -0.05) is 49.9 Å². The summed E-state index contributed by atoms with van der Waals surface area (Å²) < 4.78 is 6.10. The Labute approximate surface area is 135 Å². The number of hydrogen-bond acceptors (Lipinski definition) is 2. The van der Waals surface area contributed by atoms with E-state index in [2.05, 4.69) is 39.1 Å². The summed E-state index contributed by atoms with van der Waals surface area (Å²) in [7, 11) is 0. The van der Waals surface area contributed by atoms with Crippen molar-refractivity contribution in [2.45, 2.75) is 65.0 Å². The van der Waals surface area contributed by atoms with Crippen LogP contribution in [0.25, 0.3) is 0 Å². The van der Waals surface area contributed by atoms with Crippen molar-refractivity contribution in [2.24, 2.45) is 0 Å². The van der Waals surface area contributed by atoms with Gasteiger partial charge in [0.05, 0.1) is 6.10 Å². The molecule has 1 rings (SSSR count). The van der Waals surface area contributed by atoms with Gasteiger partial charge in [0.15, 0.2) is 0 Å². The van der Waals surface area contributed by atoms with E-state index >= 15 is 0 Å². The zero-order valence-electron chi connectivity index (χ0n) is 13.9. The zero-order chi connectivity index (χ0) is 15.7. The first kappa shape index (κ1) is 18.5. The van der Waals surface area contributed by atoms with Crippen LogP contribution in [-0.2, 0) is 4.74 Å². The number of benzene rings is 1. The Bertz CT molecular complexity index is 400. The number of nitrogens with one attached hydrogen (secondary N) is 1. The monoisotopic (exact) mass is 311 g/mol. The summed E-state index contributed by atoms with van der Waals surface area (Å²) in [6.07, 6.45) is 4.96. The van der Waals surface area contributed by atoms with Crippen LogP contribution >= 0.6 is 11.6 Å². The smallest absolute Gasteiger partial charge is 0.0949 e. The molecule has 0 fully saturated rings. The molecule has 0 saturated carbocycles. The van der Waals surface area contributed by atoms with Gasteiger partial charge in [0.2, 0.25) is 0 Å². The first-order valence-electron chi connectivity index (χ1n) is 8.04. The number of hydrogen-bond donors (Lipinski definition) is 1. The number of rotatable bonds is 9. The lowest BCUT2D eigenvalue weighted by molar-refractivity contribution is 0.0457. The largest absolute Gasteiger partial charge is 0.372 e. The fraction of sp³-hybridized carbons (Fsp3) is 0.667. The Morgan fingerprint density at radius 1 is 1.19 bits per heavy atom. The molecule has 0 spiro atoms. The van der Waals surface area contributed by atoms with Gasteiger partial charge in [0.25, 0.3) is 0 Å². The van der Waals surface area contributed by atoms with Crippen LogP contribution in [0.4, 0.5) is 0 Å². The molecule has 0 heterocycles. The van der Waals surface area contributed by atoms with E-state index in [9.17, 15) is 0 Å². The number of ether oxygens (including phenoxy) is 1. The average Bonchev–Trinajstić information content (AvgIpc) is 2.40. The van der Waals surface area contributed by atoms with Crippen LogP contribution in [0.5, 0.6) is 0 Å². The Kier molecular flexibility index (Phi) is 8.31. The summed E-state index contributed by atoms with van der Waals surface area (Å²) >= 11 is 6.11. The molecule has 1 atom stereocenters. The predicted molar refractivity (Wildman–Crippen MR) is 92.0 cm³/mol. The van der Waals surface area contributed by atoms with E-state index in [4.69, 9.17) is 16.3 Å². The average molecular weight is 312 g/mol. The fourth-order valence-corrected chi connectivity index (χ4v) is 2.33. The lowest BCUT2D eigenvalue weighted by Crippen LogP contribution is -2.39. The fourth-order valence-electron chi connectivity index (χ4n) is 2.13. The molecule has 1 aromatic carbocycles. The molecule has 0 aromatic heterocycles. The van der Waals surface area contributed by atoms with Crippen LogP contribution in [-0.4, -0.2) is 18.7 Å². The molecule has 0 aliphatic rings. The topological polar surface area (TPSA) is 21.3 Å². The first-order valence-corrected chi connectivity index (χ1v) is 8.42. The molecule has 0 amide bonds. The molecular formula is C18H30ClNO. The highest BCUT2D eigenvalue weighted by Crippen LogP contribution is 2.21. The van der Waals surface area contributed by atoms with E-state index in [-0.39, 0.29) is 11.6 Å². The van der Waals surface area contributed by atoms with Crippen LogP contribution in [0, 0.1) is 0 Å². The van der Waals surface area contributed by atoms with Gasteiger partial charge in [0, 0.05) is 23.7 Å². The van der Waals surface area contributed by atoms with Crippen LogP contribution in [0.1, 0.15) is 65.0 Å². The van der Waals surface area contributed by atoms with Crippen molar-refractivity contribution in [1.29, 1.82) is 0 Å². The van der Waals surface area contributed by atoms with Crippen molar-refractivity contribution < 1.29 is 4.74 Å². The molecule has 120 valence electrons. The van der Waals surface area contributed by atoms with Gasteiger partial charge in [0.1, 0.15) is 0 Å². The highest BCUT2D eigenvalue weighted by atomic mass is 35.5. The van der Waals surface area contributed by atoms with Crippen molar-refractivity contribution in [3.8, 4) is 0 Å². The molecule has 3 heteroatoms. The highest BCUT2D eigenvalue weighted by Gasteiger charge is 2.16. The van der Waals surface area contributed by atoms with E-state index in [0.29, 0.717) is 0 Å². The van der Waals surface area contributed by atoms with Gasteiger partial charge in [-0.2, -0.15) is 0 Å². The van der Waals surface area contributed by atoms with E-state index < -0.39 is 0 Å². The molecule has 0 saturated heterocycles. The molecule has 1 aromatic rings. The highest BCUT2D eigenvalue weighted by molar-refractivity contribution is 6.30. The number of halogens is 1. The Morgan fingerprint density at radius 2 is 1.95 bits per heavy atom. The van der Waals surface area contributed by atoms with E-state index in [1.807, 2.05) is 18.2 Å². The Hall–Kier alpha value is -0.570. The molecule has 21 heavy (non-hydrogen) atoms. The van der Waals surface area contributed by atoms with Crippen LogP contribution in [0.2, 0.25) is 5.02 Å². The first-order chi connectivity index (χ1) is 9.92. The second-order valence-electron chi connectivity index (χ2n) is 6.61. The van der Waals surface area contributed by atoms with Gasteiger partial charge < -0.3 is 10.1 Å². The van der Waals surface area contributed by atoms with Gasteiger partial charge >= 0.3 is 0 Å². The van der Waals surface area contributed by atoms with E-state index in [1.165, 1.54) is 19.3 Å². The second kappa shape index (κ2) is 9.45. The summed E-state index contributed by atoms with van der Waals surface area (Å²) in [5.74, 6) is 0. The van der Waals surface area contributed by atoms with Gasteiger partial charge in [-0.05, 0) is 44.9 Å².